The summed E-state index contributed by atoms with van der Waals surface area (Å²) in [6.07, 6.45) is 1.87. The molecule has 0 aliphatic heterocycles. The van der Waals surface area contributed by atoms with Crippen molar-refractivity contribution < 1.29 is 9.47 Å². The normalized spacial score (nSPS) is 14.1. The first-order valence-electron chi connectivity index (χ1n) is 6.53. The van der Waals surface area contributed by atoms with Gasteiger partial charge in [-0.15, -0.1) is 0 Å². The van der Waals surface area contributed by atoms with Crippen LogP contribution in [0.15, 0.2) is 12.1 Å². The summed E-state index contributed by atoms with van der Waals surface area (Å²) in [7, 11) is 3.41. The molecule has 18 heavy (non-hydrogen) atoms. The van der Waals surface area contributed by atoms with Gasteiger partial charge in [0.2, 0.25) is 0 Å². The lowest BCUT2D eigenvalue weighted by Gasteiger charge is -2.19. The third-order valence-electron chi connectivity index (χ3n) is 3.32. The zero-order chi connectivity index (χ0) is 13.7. The van der Waals surface area contributed by atoms with Gasteiger partial charge in [-0.1, -0.05) is 13.8 Å². The Balaban J connectivity index is 3.23. The molecule has 102 valence electrons. The van der Waals surface area contributed by atoms with Gasteiger partial charge < -0.3 is 15.2 Å². The Hall–Kier alpha value is -1.22. The van der Waals surface area contributed by atoms with Gasteiger partial charge in [0.25, 0.3) is 0 Å². The number of nitrogens with two attached hydrogens (primary N) is 1. The summed E-state index contributed by atoms with van der Waals surface area (Å²) in [6, 6.07) is 4.26. The van der Waals surface area contributed by atoms with Crippen LogP contribution in [0.2, 0.25) is 0 Å². The molecular formula is C15H25NO2. The summed E-state index contributed by atoms with van der Waals surface area (Å²) in [6.45, 7) is 6.36. The van der Waals surface area contributed by atoms with Gasteiger partial charge in [-0.2, -0.15) is 0 Å². The fourth-order valence-electron chi connectivity index (χ4n) is 2.10. The van der Waals surface area contributed by atoms with Crippen molar-refractivity contribution >= 4 is 0 Å². The average Bonchev–Trinajstić information content (AvgIpc) is 2.36. The molecule has 0 unspecified atom stereocenters. The van der Waals surface area contributed by atoms with E-state index in [0.717, 1.165) is 29.9 Å². The van der Waals surface area contributed by atoms with Gasteiger partial charge in [-0.05, 0) is 43.4 Å². The number of ether oxygens (including phenoxy) is 2. The molecule has 3 nitrogen and oxygen atoms in total. The maximum atomic E-state index is 5.87. The highest BCUT2D eigenvalue weighted by Gasteiger charge is 2.15. The predicted octanol–water partition coefficient (Wildman–Crippen LogP) is 3.11. The van der Waals surface area contributed by atoms with Crippen LogP contribution in [0.5, 0.6) is 11.5 Å². The van der Waals surface area contributed by atoms with Crippen LogP contribution >= 0.6 is 0 Å². The van der Waals surface area contributed by atoms with Crippen LogP contribution in [-0.2, 0) is 6.42 Å². The molecule has 2 N–H and O–H groups in total. The van der Waals surface area contributed by atoms with Crippen molar-refractivity contribution in [2.75, 3.05) is 14.2 Å². The van der Waals surface area contributed by atoms with Gasteiger partial charge in [0.1, 0.15) is 11.5 Å². The van der Waals surface area contributed by atoms with Gasteiger partial charge in [-0.25, -0.2) is 0 Å². The summed E-state index contributed by atoms with van der Waals surface area (Å²) in [5, 5.41) is 0. The van der Waals surface area contributed by atoms with Crippen molar-refractivity contribution in [2.45, 2.75) is 45.6 Å². The molecule has 0 saturated heterocycles. The number of benzene rings is 1. The molecule has 0 fully saturated rings. The quantitative estimate of drug-likeness (QED) is 0.845. The van der Waals surface area contributed by atoms with Crippen LogP contribution in [0.3, 0.4) is 0 Å². The number of rotatable bonds is 6. The van der Waals surface area contributed by atoms with E-state index >= 15 is 0 Å². The van der Waals surface area contributed by atoms with Crippen molar-refractivity contribution in [1.29, 1.82) is 0 Å². The molecular weight excluding hydrogens is 226 g/mol. The standard InChI is InChI=1S/C15H25NO2/c1-6-10(2)13-9-14(17-4)12(7-11(3)16)8-15(13)18-5/h8-11H,6-7,16H2,1-5H3/t10-,11-/m0/s1. The molecule has 0 aliphatic carbocycles. The van der Waals surface area contributed by atoms with Crippen molar-refractivity contribution in [3.8, 4) is 11.5 Å². The Morgan fingerprint density at radius 1 is 1.11 bits per heavy atom. The fraction of sp³-hybridized carbons (Fsp3) is 0.600. The summed E-state index contributed by atoms with van der Waals surface area (Å²) in [4.78, 5) is 0. The first-order chi connectivity index (χ1) is 8.53. The Kier molecular flexibility index (Phi) is 5.48. The zero-order valence-corrected chi connectivity index (χ0v) is 12.1. The summed E-state index contributed by atoms with van der Waals surface area (Å²) < 4.78 is 11.0. The van der Waals surface area contributed by atoms with Gasteiger partial charge in [0.15, 0.2) is 0 Å². The molecule has 0 bridgehead atoms. The Morgan fingerprint density at radius 2 is 1.72 bits per heavy atom. The third kappa shape index (κ3) is 3.39. The van der Waals surface area contributed by atoms with E-state index in [1.807, 2.05) is 6.92 Å². The Bertz CT molecular complexity index is 388. The van der Waals surface area contributed by atoms with E-state index in [2.05, 4.69) is 26.0 Å². The Morgan fingerprint density at radius 3 is 2.17 bits per heavy atom. The molecule has 1 aromatic carbocycles. The number of hydrogen-bond donors (Lipinski definition) is 1. The molecule has 0 spiro atoms. The minimum atomic E-state index is 0.109. The van der Waals surface area contributed by atoms with Crippen LogP contribution in [0, 0.1) is 0 Å². The van der Waals surface area contributed by atoms with Crippen LogP contribution in [0.4, 0.5) is 0 Å². The molecule has 2 atom stereocenters. The van der Waals surface area contributed by atoms with Crippen molar-refractivity contribution in [3.63, 3.8) is 0 Å². The van der Waals surface area contributed by atoms with Crippen LogP contribution in [0.25, 0.3) is 0 Å². The molecule has 1 rings (SSSR count). The van der Waals surface area contributed by atoms with E-state index in [1.165, 1.54) is 5.56 Å². The molecule has 0 saturated carbocycles. The fourth-order valence-corrected chi connectivity index (χ4v) is 2.10. The van der Waals surface area contributed by atoms with Crippen molar-refractivity contribution in [3.05, 3.63) is 23.3 Å². The third-order valence-corrected chi connectivity index (χ3v) is 3.32. The van der Waals surface area contributed by atoms with Crippen molar-refractivity contribution in [1.82, 2.24) is 0 Å². The summed E-state index contributed by atoms with van der Waals surface area (Å²) in [5.41, 5.74) is 8.17. The first-order valence-corrected chi connectivity index (χ1v) is 6.53. The lowest BCUT2D eigenvalue weighted by atomic mass is 9.94. The number of methoxy groups -OCH3 is 2. The molecule has 3 heteroatoms. The largest absolute Gasteiger partial charge is 0.496 e. The topological polar surface area (TPSA) is 44.5 Å². The average molecular weight is 251 g/mol. The minimum absolute atomic E-state index is 0.109. The minimum Gasteiger partial charge on any atom is -0.496 e. The van der Waals surface area contributed by atoms with E-state index in [0.29, 0.717) is 5.92 Å². The second-order valence-electron chi connectivity index (χ2n) is 4.90. The highest BCUT2D eigenvalue weighted by molar-refractivity contribution is 5.48. The molecule has 0 amide bonds. The highest BCUT2D eigenvalue weighted by Crippen LogP contribution is 2.35. The maximum absolute atomic E-state index is 5.87. The first kappa shape index (κ1) is 14.8. The van der Waals surface area contributed by atoms with Gasteiger partial charge >= 0.3 is 0 Å². The van der Waals surface area contributed by atoms with Crippen LogP contribution in [0.1, 0.15) is 44.2 Å². The van der Waals surface area contributed by atoms with Crippen LogP contribution in [-0.4, -0.2) is 20.3 Å². The zero-order valence-electron chi connectivity index (χ0n) is 12.1. The van der Waals surface area contributed by atoms with E-state index in [4.69, 9.17) is 15.2 Å². The van der Waals surface area contributed by atoms with Crippen molar-refractivity contribution in [2.24, 2.45) is 5.73 Å². The van der Waals surface area contributed by atoms with E-state index in [9.17, 15) is 0 Å². The lowest BCUT2D eigenvalue weighted by Crippen LogP contribution is -2.18. The monoisotopic (exact) mass is 251 g/mol. The van der Waals surface area contributed by atoms with E-state index < -0.39 is 0 Å². The highest BCUT2D eigenvalue weighted by atomic mass is 16.5. The van der Waals surface area contributed by atoms with Gasteiger partial charge in [0, 0.05) is 11.6 Å². The van der Waals surface area contributed by atoms with Crippen LogP contribution < -0.4 is 15.2 Å². The molecule has 1 aromatic rings. The summed E-state index contributed by atoms with van der Waals surface area (Å²) in [5.74, 6) is 2.29. The smallest absolute Gasteiger partial charge is 0.122 e. The number of hydrogen-bond acceptors (Lipinski definition) is 3. The van der Waals surface area contributed by atoms with Gasteiger partial charge in [0.05, 0.1) is 14.2 Å². The lowest BCUT2D eigenvalue weighted by molar-refractivity contribution is 0.391. The SMILES string of the molecule is CC[C@H](C)c1cc(OC)c(C[C@H](C)N)cc1OC. The maximum Gasteiger partial charge on any atom is 0.122 e. The predicted molar refractivity (Wildman–Crippen MR) is 75.6 cm³/mol. The molecule has 0 heterocycles. The van der Waals surface area contributed by atoms with Gasteiger partial charge in [-0.3, -0.25) is 0 Å². The molecule has 0 aromatic heterocycles. The summed E-state index contributed by atoms with van der Waals surface area (Å²) >= 11 is 0. The molecule has 0 radical (unpaired) electrons. The second kappa shape index (κ2) is 6.64. The van der Waals surface area contributed by atoms with E-state index in [-0.39, 0.29) is 6.04 Å². The second-order valence-corrected chi connectivity index (χ2v) is 4.90. The molecule has 0 aliphatic rings. The Labute approximate surface area is 110 Å². The van der Waals surface area contributed by atoms with E-state index in [1.54, 1.807) is 14.2 Å².